The van der Waals surface area contributed by atoms with E-state index in [-0.39, 0.29) is 17.8 Å². The van der Waals surface area contributed by atoms with Gasteiger partial charge in [-0.05, 0) is 18.8 Å². The van der Waals surface area contributed by atoms with Gasteiger partial charge in [0, 0.05) is 12.5 Å². The molecular weight excluding hydrogens is 216 g/mol. The van der Waals surface area contributed by atoms with Crippen molar-refractivity contribution < 1.29 is 4.79 Å². The lowest BCUT2D eigenvalue weighted by molar-refractivity contribution is 0.0911. The van der Waals surface area contributed by atoms with Crippen molar-refractivity contribution in [2.75, 3.05) is 0 Å². The highest BCUT2D eigenvalue weighted by atomic mass is 16.2. The van der Waals surface area contributed by atoms with Crippen LogP contribution in [0.15, 0.2) is 0 Å². The van der Waals surface area contributed by atoms with Crippen LogP contribution in [0.2, 0.25) is 0 Å². The van der Waals surface area contributed by atoms with Crippen LogP contribution in [0, 0.1) is 5.92 Å². The maximum Gasteiger partial charge on any atom is 0.291 e. The Labute approximate surface area is 101 Å². The number of hydrogen-bond donors (Lipinski definition) is 2. The van der Waals surface area contributed by atoms with Crippen molar-refractivity contribution in [2.24, 2.45) is 5.92 Å². The Balaban J connectivity index is 1.92. The molecule has 5 heteroatoms. The second kappa shape index (κ2) is 5.29. The molecule has 94 valence electrons. The molecule has 17 heavy (non-hydrogen) atoms. The molecule has 5 nitrogen and oxygen atoms in total. The van der Waals surface area contributed by atoms with Crippen LogP contribution >= 0.6 is 0 Å². The fraction of sp³-hybridized carbons (Fsp3) is 0.750. The van der Waals surface area contributed by atoms with E-state index in [1.54, 1.807) is 0 Å². The van der Waals surface area contributed by atoms with E-state index in [0.29, 0.717) is 5.92 Å². The van der Waals surface area contributed by atoms with Crippen molar-refractivity contribution in [2.45, 2.75) is 52.0 Å². The summed E-state index contributed by atoms with van der Waals surface area (Å²) in [6, 6.07) is 0.287. The molecule has 0 saturated heterocycles. The third kappa shape index (κ3) is 3.05. The number of nitrogens with zero attached hydrogens (tertiary/aromatic N) is 2. The largest absolute Gasteiger partial charge is 0.347 e. The minimum Gasteiger partial charge on any atom is -0.347 e. The van der Waals surface area contributed by atoms with Gasteiger partial charge in [0.15, 0.2) is 0 Å². The van der Waals surface area contributed by atoms with Crippen LogP contribution in [0.4, 0.5) is 0 Å². The van der Waals surface area contributed by atoms with E-state index in [9.17, 15) is 4.79 Å². The van der Waals surface area contributed by atoms with Crippen molar-refractivity contribution in [3.05, 3.63) is 11.6 Å². The number of amides is 1. The Bertz CT molecular complexity index is 388. The van der Waals surface area contributed by atoms with Crippen LogP contribution in [0.25, 0.3) is 0 Å². The zero-order valence-electron chi connectivity index (χ0n) is 10.5. The topological polar surface area (TPSA) is 70.7 Å². The van der Waals surface area contributed by atoms with Crippen LogP contribution in [0.5, 0.6) is 0 Å². The molecular formula is C12H20N4O. The Hall–Kier alpha value is -1.39. The minimum absolute atomic E-state index is 0.153. The van der Waals surface area contributed by atoms with E-state index < -0.39 is 0 Å². The third-order valence-corrected chi connectivity index (χ3v) is 3.34. The van der Waals surface area contributed by atoms with E-state index in [1.807, 2.05) is 6.92 Å². The van der Waals surface area contributed by atoms with Gasteiger partial charge in [0.1, 0.15) is 5.82 Å². The van der Waals surface area contributed by atoms with Gasteiger partial charge in [-0.1, -0.05) is 26.7 Å². The first-order valence-electron chi connectivity index (χ1n) is 6.41. The van der Waals surface area contributed by atoms with Gasteiger partial charge >= 0.3 is 0 Å². The summed E-state index contributed by atoms with van der Waals surface area (Å²) in [5.74, 6) is 1.57. The Morgan fingerprint density at radius 3 is 3.00 bits per heavy atom. The molecule has 1 saturated carbocycles. The highest BCUT2D eigenvalue weighted by molar-refractivity contribution is 5.90. The lowest BCUT2D eigenvalue weighted by atomic mass is 9.87. The molecule has 0 aromatic carbocycles. The standard InChI is InChI=1S/C12H20N4O/c1-3-10-14-11(16-15-10)12(17)13-9-6-4-5-8(2)7-9/h8-9H,3-7H2,1-2H3,(H,13,17)(H,14,15,16). The van der Waals surface area contributed by atoms with Crippen molar-refractivity contribution in [3.8, 4) is 0 Å². The lowest BCUT2D eigenvalue weighted by Gasteiger charge is -2.26. The first-order chi connectivity index (χ1) is 8.19. The molecule has 2 unspecified atom stereocenters. The van der Waals surface area contributed by atoms with Gasteiger partial charge in [0.25, 0.3) is 5.91 Å². The summed E-state index contributed by atoms with van der Waals surface area (Å²) in [4.78, 5) is 16.0. The van der Waals surface area contributed by atoms with Gasteiger partial charge in [0.05, 0.1) is 0 Å². The van der Waals surface area contributed by atoms with Crippen molar-refractivity contribution in [1.29, 1.82) is 0 Å². The molecule has 0 spiro atoms. The number of rotatable bonds is 3. The van der Waals surface area contributed by atoms with E-state index in [2.05, 4.69) is 27.4 Å². The first-order valence-corrected chi connectivity index (χ1v) is 6.41. The number of carbonyl (C=O) groups excluding carboxylic acids is 1. The fourth-order valence-electron chi connectivity index (χ4n) is 2.37. The highest BCUT2D eigenvalue weighted by Crippen LogP contribution is 2.23. The molecule has 0 bridgehead atoms. The van der Waals surface area contributed by atoms with Gasteiger partial charge in [0.2, 0.25) is 5.82 Å². The Kier molecular flexibility index (Phi) is 3.76. The molecule has 1 fully saturated rings. The maximum atomic E-state index is 11.9. The number of H-pyrrole nitrogens is 1. The van der Waals surface area contributed by atoms with E-state index in [0.717, 1.165) is 25.1 Å². The van der Waals surface area contributed by atoms with Gasteiger partial charge in [-0.2, -0.15) is 0 Å². The number of hydrogen-bond acceptors (Lipinski definition) is 3. The predicted octanol–water partition coefficient (Wildman–Crippen LogP) is 1.68. The van der Waals surface area contributed by atoms with Crippen LogP contribution < -0.4 is 5.32 Å². The monoisotopic (exact) mass is 236 g/mol. The van der Waals surface area contributed by atoms with Gasteiger partial charge < -0.3 is 5.32 Å². The van der Waals surface area contributed by atoms with Gasteiger partial charge in [-0.25, -0.2) is 4.98 Å². The number of aromatic amines is 1. The first kappa shape index (κ1) is 12.1. The molecule has 1 amide bonds. The molecule has 1 aromatic rings. The summed E-state index contributed by atoms with van der Waals surface area (Å²) in [5.41, 5.74) is 0. The molecule has 1 heterocycles. The second-order valence-corrected chi connectivity index (χ2v) is 4.90. The summed E-state index contributed by atoms with van der Waals surface area (Å²) in [5, 5.41) is 9.70. The minimum atomic E-state index is -0.153. The summed E-state index contributed by atoms with van der Waals surface area (Å²) in [6.45, 7) is 4.21. The normalized spacial score (nSPS) is 24.6. The fourth-order valence-corrected chi connectivity index (χ4v) is 2.37. The number of carbonyl (C=O) groups is 1. The zero-order chi connectivity index (χ0) is 12.3. The van der Waals surface area contributed by atoms with E-state index in [1.165, 1.54) is 12.8 Å². The summed E-state index contributed by atoms with van der Waals surface area (Å²) in [6.07, 6.45) is 5.37. The van der Waals surface area contributed by atoms with Gasteiger partial charge in [-0.15, -0.1) is 5.10 Å². The zero-order valence-corrected chi connectivity index (χ0v) is 10.5. The average Bonchev–Trinajstić information content (AvgIpc) is 2.77. The second-order valence-electron chi connectivity index (χ2n) is 4.90. The van der Waals surface area contributed by atoms with Gasteiger partial charge in [-0.3, -0.25) is 9.89 Å². The van der Waals surface area contributed by atoms with Crippen LogP contribution in [-0.2, 0) is 6.42 Å². The van der Waals surface area contributed by atoms with Crippen LogP contribution in [-0.4, -0.2) is 27.1 Å². The smallest absolute Gasteiger partial charge is 0.291 e. The lowest BCUT2D eigenvalue weighted by Crippen LogP contribution is -2.38. The van der Waals surface area contributed by atoms with Crippen molar-refractivity contribution in [1.82, 2.24) is 20.5 Å². The van der Waals surface area contributed by atoms with E-state index in [4.69, 9.17) is 0 Å². The SMILES string of the molecule is CCc1nc(C(=O)NC2CCCC(C)C2)n[nH]1. The molecule has 1 aromatic heterocycles. The summed E-state index contributed by atoms with van der Waals surface area (Å²) >= 11 is 0. The molecule has 2 rings (SSSR count). The average molecular weight is 236 g/mol. The highest BCUT2D eigenvalue weighted by Gasteiger charge is 2.22. The van der Waals surface area contributed by atoms with Crippen molar-refractivity contribution in [3.63, 3.8) is 0 Å². The van der Waals surface area contributed by atoms with Crippen LogP contribution in [0.3, 0.4) is 0 Å². The molecule has 1 aliphatic rings. The summed E-state index contributed by atoms with van der Waals surface area (Å²) < 4.78 is 0. The molecule has 2 atom stereocenters. The third-order valence-electron chi connectivity index (χ3n) is 3.34. The van der Waals surface area contributed by atoms with Crippen molar-refractivity contribution >= 4 is 5.91 Å². The summed E-state index contributed by atoms with van der Waals surface area (Å²) in [7, 11) is 0. The predicted molar refractivity (Wildman–Crippen MR) is 64.6 cm³/mol. The Morgan fingerprint density at radius 1 is 1.53 bits per heavy atom. The molecule has 0 radical (unpaired) electrons. The number of nitrogens with one attached hydrogen (secondary N) is 2. The number of aromatic nitrogens is 3. The Morgan fingerprint density at radius 2 is 2.35 bits per heavy atom. The van der Waals surface area contributed by atoms with Crippen LogP contribution in [0.1, 0.15) is 56.0 Å². The number of aryl methyl sites for hydroxylation is 1. The molecule has 2 N–H and O–H groups in total. The maximum absolute atomic E-state index is 11.9. The molecule has 1 aliphatic carbocycles. The molecule has 0 aliphatic heterocycles. The van der Waals surface area contributed by atoms with E-state index >= 15 is 0 Å². The quantitative estimate of drug-likeness (QED) is 0.838.